The van der Waals surface area contributed by atoms with Crippen molar-refractivity contribution in [3.05, 3.63) is 0 Å². The van der Waals surface area contributed by atoms with Gasteiger partial charge in [0.05, 0.1) is 0 Å². The first-order valence-electron chi connectivity index (χ1n) is 5.68. The average Bonchev–Trinajstić information content (AvgIpc) is 2.18. The van der Waals surface area contributed by atoms with Crippen LogP contribution in [0.4, 0.5) is 0 Å². The van der Waals surface area contributed by atoms with Crippen molar-refractivity contribution >= 4 is 5.91 Å². The third kappa shape index (κ3) is 3.66. The molecule has 0 aromatic heterocycles. The van der Waals surface area contributed by atoms with Gasteiger partial charge in [-0.1, -0.05) is 19.8 Å². The standard InChI is InChI=1S/C11H22N2O/c1-9-5-3-4-6-10(9)13-11(14)7-8-12-2/h9-10,12H,3-8H2,1-2H3,(H,13,14). The predicted octanol–water partition coefficient (Wildman–Crippen LogP) is 1.29. The van der Waals surface area contributed by atoms with E-state index in [0.29, 0.717) is 18.4 Å². The summed E-state index contributed by atoms with van der Waals surface area (Å²) >= 11 is 0. The Hall–Kier alpha value is -0.570. The monoisotopic (exact) mass is 198 g/mol. The van der Waals surface area contributed by atoms with E-state index in [1.54, 1.807) is 0 Å². The minimum absolute atomic E-state index is 0.193. The van der Waals surface area contributed by atoms with Gasteiger partial charge in [-0.15, -0.1) is 0 Å². The van der Waals surface area contributed by atoms with Gasteiger partial charge in [0.1, 0.15) is 0 Å². The number of carbonyl (C=O) groups excluding carboxylic acids is 1. The molecule has 0 radical (unpaired) electrons. The summed E-state index contributed by atoms with van der Waals surface area (Å²) in [7, 11) is 1.87. The van der Waals surface area contributed by atoms with Crippen LogP contribution in [0.3, 0.4) is 0 Å². The summed E-state index contributed by atoms with van der Waals surface area (Å²) in [5.74, 6) is 0.848. The Bertz CT molecular complexity index is 182. The first-order valence-corrected chi connectivity index (χ1v) is 5.68. The average molecular weight is 198 g/mol. The van der Waals surface area contributed by atoms with Crippen molar-refractivity contribution < 1.29 is 4.79 Å². The van der Waals surface area contributed by atoms with Crippen LogP contribution in [-0.2, 0) is 4.79 Å². The molecule has 0 heterocycles. The van der Waals surface area contributed by atoms with E-state index in [9.17, 15) is 4.79 Å². The topological polar surface area (TPSA) is 41.1 Å². The summed E-state index contributed by atoms with van der Waals surface area (Å²) < 4.78 is 0. The van der Waals surface area contributed by atoms with Crippen LogP contribution in [0.2, 0.25) is 0 Å². The molecule has 2 atom stereocenters. The first kappa shape index (κ1) is 11.5. The van der Waals surface area contributed by atoms with Gasteiger partial charge in [0.15, 0.2) is 0 Å². The lowest BCUT2D eigenvalue weighted by Gasteiger charge is -2.29. The lowest BCUT2D eigenvalue weighted by atomic mass is 9.86. The van der Waals surface area contributed by atoms with Gasteiger partial charge in [-0.25, -0.2) is 0 Å². The molecular formula is C11H22N2O. The smallest absolute Gasteiger partial charge is 0.221 e. The summed E-state index contributed by atoms with van der Waals surface area (Å²) in [6, 6.07) is 0.424. The number of hydrogen-bond acceptors (Lipinski definition) is 2. The number of hydrogen-bond donors (Lipinski definition) is 2. The van der Waals surface area contributed by atoms with Gasteiger partial charge < -0.3 is 10.6 Å². The Morgan fingerprint density at radius 3 is 2.71 bits per heavy atom. The third-order valence-electron chi connectivity index (χ3n) is 3.06. The molecule has 1 aliphatic rings. The first-order chi connectivity index (χ1) is 6.74. The SMILES string of the molecule is CNCCC(=O)NC1CCCCC1C. The number of rotatable bonds is 4. The molecule has 0 bridgehead atoms. The highest BCUT2D eigenvalue weighted by Gasteiger charge is 2.22. The molecule has 1 rings (SSSR count). The highest BCUT2D eigenvalue weighted by molar-refractivity contribution is 5.76. The fourth-order valence-corrected chi connectivity index (χ4v) is 2.05. The van der Waals surface area contributed by atoms with E-state index < -0.39 is 0 Å². The highest BCUT2D eigenvalue weighted by atomic mass is 16.1. The molecule has 3 heteroatoms. The second-order valence-corrected chi connectivity index (χ2v) is 4.29. The van der Waals surface area contributed by atoms with Crippen LogP contribution in [0.25, 0.3) is 0 Å². The summed E-state index contributed by atoms with van der Waals surface area (Å²) in [6.07, 6.45) is 5.61. The Morgan fingerprint density at radius 2 is 2.07 bits per heavy atom. The van der Waals surface area contributed by atoms with Crippen LogP contribution < -0.4 is 10.6 Å². The number of carbonyl (C=O) groups is 1. The largest absolute Gasteiger partial charge is 0.353 e. The second-order valence-electron chi connectivity index (χ2n) is 4.29. The number of nitrogens with one attached hydrogen (secondary N) is 2. The van der Waals surface area contributed by atoms with Crippen LogP contribution in [0, 0.1) is 5.92 Å². The Morgan fingerprint density at radius 1 is 1.36 bits per heavy atom. The van der Waals surface area contributed by atoms with Gasteiger partial charge in [0.25, 0.3) is 0 Å². The highest BCUT2D eigenvalue weighted by Crippen LogP contribution is 2.23. The molecule has 1 amide bonds. The lowest BCUT2D eigenvalue weighted by Crippen LogP contribution is -2.41. The zero-order chi connectivity index (χ0) is 10.4. The molecule has 82 valence electrons. The summed E-state index contributed by atoms with van der Waals surface area (Å²) in [6.45, 7) is 3.01. The van der Waals surface area contributed by atoms with Gasteiger partial charge in [-0.2, -0.15) is 0 Å². The van der Waals surface area contributed by atoms with Gasteiger partial charge in [-0.05, 0) is 25.8 Å². The molecular weight excluding hydrogens is 176 g/mol. The van der Waals surface area contributed by atoms with Crippen molar-refractivity contribution in [3.63, 3.8) is 0 Å². The van der Waals surface area contributed by atoms with E-state index in [0.717, 1.165) is 13.0 Å². The van der Waals surface area contributed by atoms with Crippen LogP contribution >= 0.6 is 0 Å². The van der Waals surface area contributed by atoms with Gasteiger partial charge >= 0.3 is 0 Å². The van der Waals surface area contributed by atoms with Crippen molar-refractivity contribution in [2.75, 3.05) is 13.6 Å². The van der Waals surface area contributed by atoms with Crippen molar-refractivity contribution in [2.24, 2.45) is 5.92 Å². The molecule has 0 aliphatic heterocycles. The van der Waals surface area contributed by atoms with E-state index in [1.165, 1.54) is 19.3 Å². The Labute approximate surface area is 86.6 Å². The van der Waals surface area contributed by atoms with Crippen LogP contribution in [0.15, 0.2) is 0 Å². The molecule has 0 aromatic rings. The van der Waals surface area contributed by atoms with Crippen LogP contribution in [-0.4, -0.2) is 25.5 Å². The second kappa shape index (κ2) is 6.02. The lowest BCUT2D eigenvalue weighted by molar-refractivity contribution is -0.122. The molecule has 0 aromatic carbocycles. The number of amides is 1. The molecule has 2 N–H and O–H groups in total. The minimum atomic E-state index is 0.193. The summed E-state index contributed by atoms with van der Waals surface area (Å²) in [4.78, 5) is 11.5. The third-order valence-corrected chi connectivity index (χ3v) is 3.06. The fourth-order valence-electron chi connectivity index (χ4n) is 2.05. The molecule has 0 spiro atoms. The maximum atomic E-state index is 11.5. The molecule has 2 unspecified atom stereocenters. The fraction of sp³-hybridized carbons (Fsp3) is 0.909. The zero-order valence-electron chi connectivity index (χ0n) is 9.31. The molecule has 1 saturated carbocycles. The van der Waals surface area contributed by atoms with Crippen molar-refractivity contribution in [2.45, 2.75) is 45.1 Å². The molecule has 0 saturated heterocycles. The molecule has 14 heavy (non-hydrogen) atoms. The van der Waals surface area contributed by atoms with E-state index in [4.69, 9.17) is 0 Å². The van der Waals surface area contributed by atoms with Crippen molar-refractivity contribution in [1.29, 1.82) is 0 Å². The van der Waals surface area contributed by atoms with Crippen LogP contribution in [0.5, 0.6) is 0 Å². The van der Waals surface area contributed by atoms with Gasteiger partial charge in [0, 0.05) is 19.0 Å². The normalized spacial score (nSPS) is 27.3. The predicted molar refractivity (Wildman–Crippen MR) is 58.1 cm³/mol. The van der Waals surface area contributed by atoms with Crippen molar-refractivity contribution in [3.8, 4) is 0 Å². The van der Waals surface area contributed by atoms with E-state index in [2.05, 4.69) is 17.6 Å². The van der Waals surface area contributed by atoms with E-state index in [1.807, 2.05) is 7.05 Å². The minimum Gasteiger partial charge on any atom is -0.353 e. The van der Waals surface area contributed by atoms with Gasteiger partial charge in [0.2, 0.25) is 5.91 Å². The van der Waals surface area contributed by atoms with Crippen molar-refractivity contribution in [1.82, 2.24) is 10.6 Å². The Kier molecular flexibility index (Phi) is 4.94. The Balaban J connectivity index is 2.23. The van der Waals surface area contributed by atoms with E-state index >= 15 is 0 Å². The van der Waals surface area contributed by atoms with Crippen LogP contribution in [0.1, 0.15) is 39.0 Å². The van der Waals surface area contributed by atoms with Gasteiger partial charge in [-0.3, -0.25) is 4.79 Å². The van der Waals surface area contributed by atoms with E-state index in [-0.39, 0.29) is 5.91 Å². The summed E-state index contributed by atoms with van der Waals surface area (Å²) in [5.41, 5.74) is 0. The molecule has 1 fully saturated rings. The summed E-state index contributed by atoms with van der Waals surface area (Å²) in [5, 5.41) is 6.11. The zero-order valence-corrected chi connectivity index (χ0v) is 9.31. The quantitative estimate of drug-likeness (QED) is 0.714. The maximum absolute atomic E-state index is 11.5. The maximum Gasteiger partial charge on any atom is 0.221 e. The molecule has 1 aliphatic carbocycles. The molecule has 3 nitrogen and oxygen atoms in total.